The van der Waals surface area contributed by atoms with E-state index in [1.807, 2.05) is 0 Å². The molecule has 2 rings (SSSR count). The Morgan fingerprint density at radius 1 is 1.45 bits per heavy atom. The maximum absolute atomic E-state index is 11.8. The molecule has 2 aromatic rings. The molecule has 106 valence electrons. The van der Waals surface area contributed by atoms with Crippen molar-refractivity contribution in [2.75, 3.05) is 5.75 Å². The lowest BCUT2D eigenvalue weighted by atomic mass is 10.3. The first kappa shape index (κ1) is 15.4. The van der Waals surface area contributed by atoms with Crippen molar-refractivity contribution in [1.82, 2.24) is 14.8 Å². The average Bonchev–Trinajstić information content (AvgIpc) is 2.67. The SMILES string of the molecule is O=C(O)CSc1n[nH]c(=O)n1-c1c(Cl)cc(Br)cc1Cl. The maximum Gasteiger partial charge on any atom is 0.348 e. The Balaban J connectivity index is 2.56. The second-order valence-electron chi connectivity index (χ2n) is 3.55. The van der Waals surface area contributed by atoms with Gasteiger partial charge in [0.25, 0.3) is 0 Å². The molecule has 0 unspecified atom stereocenters. The summed E-state index contributed by atoms with van der Waals surface area (Å²) in [5.41, 5.74) is -0.299. The lowest BCUT2D eigenvalue weighted by Gasteiger charge is -2.09. The van der Waals surface area contributed by atoms with Crippen LogP contribution in [0.3, 0.4) is 0 Å². The Hall–Kier alpha value is -0.960. The van der Waals surface area contributed by atoms with Gasteiger partial charge in [-0.25, -0.2) is 14.5 Å². The number of rotatable bonds is 4. The van der Waals surface area contributed by atoms with E-state index in [0.29, 0.717) is 4.47 Å². The van der Waals surface area contributed by atoms with Crippen LogP contribution in [-0.4, -0.2) is 31.6 Å². The summed E-state index contributed by atoms with van der Waals surface area (Å²) in [7, 11) is 0. The van der Waals surface area contributed by atoms with Gasteiger partial charge in [0, 0.05) is 4.47 Å². The van der Waals surface area contributed by atoms with Crippen molar-refractivity contribution in [1.29, 1.82) is 0 Å². The van der Waals surface area contributed by atoms with E-state index in [-0.39, 0.29) is 26.6 Å². The molecule has 1 heterocycles. The summed E-state index contributed by atoms with van der Waals surface area (Å²) in [5.74, 6) is -1.26. The number of halogens is 3. The molecule has 6 nitrogen and oxygen atoms in total. The van der Waals surface area contributed by atoms with E-state index in [1.54, 1.807) is 12.1 Å². The summed E-state index contributed by atoms with van der Waals surface area (Å²) >= 11 is 16.3. The van der Waals surface area contributed by atoms with Crippen LogP contribution in [0.1, 0.15) is 0 Å². The topological polar surface area (TPSA) is 88.0 Å². The number of carbonyl (C=O) groups is 1. The fraction of sp³-hybridized carbons (Fsp3) is 0.100. The van der Waals surface area contributed by atoms with Crippen LogP contribution in [0.5, 0.6) is 0 Å². The Morgan fingerprint density at radius 3 is 2.60 bits per heavy atom. The zero-order chi connectivity index (χ0) is 14.9. The standard InChI is InChI=1S/C10H6BrCl2N3O3S/c11-4-1-5(12)8(6(13)2-4)16-9(19)14-15-10(16)20-3-7(17)18/h1-2H,3H2,(H,14,19)(H,17,18). The first-order valence-electron chi connectivity index (χ1n) is 5.07. The molecular weight excluding hydrogens is 393 g/mol. The van der Waals surface area contributed by atoms with Crippen LogP contribution in [0.2, 0.25) is 10.0 Å². The molecule has 0 aliphatic carbocycles. The lowest BCUT2D eigenvalue weighted by Crippen LogP contribution is -2.16. The van der Waals surface area contributed by atoms with E-state index < -0.39 is 11.7 Å². The quantitative estimate of drug-likeness (QED) is 0.773. The number of nitrogens with zero attached hydrogens (tertiary/aromatic N) is 2. The van der Waals surface area contributed by atoms with Crippen LogP contribution in [0.25, 0.3) is 5.69 Å². The van der Waals surface area contributed by atoms with Crippen LogP contribution >= 0.6 is 50.9 Å². The minimum absolute atomic E-state index is 0.170. The Morgan fingerprint density at radius 2 is 2.05 bits per heavy atom. The summed E-state index contributed by atoms with van der Waals surface area (Å²) in [4.78, 5) is 22.4. The van der Waals surface area contributed by atoms with Gasteiger partial charge in [-0.15, -0.1) is 5.10 Å². The molecule has 0 aliphatic rings. The second kappa shape index (κ2) is 6.21. The van der Waals surface area contributed by atoms with Crippen LogP contribution in [0.4, 0.5) is 0 Å². The number of carboxylic acid groups (broad SMARTS) is 1. The first-order valence-corrected chi connectivity index (χ1v) is 7.60. The number of thioether (sulfide) groups is 1. The van der Waals surface area contributed by atoms with E-state index >= 15 is 0 Å². The van der Waals surface area contributed by atoms with Gasteiger partial charge in [-0.3, -0.25) is 4.79 Å². The number of aliphatic carboxylic acids is 1. The minimum Gasteiger partial charge on any atom is -0.481 e. The highest BCUT2D eigenvalue weighted by molar-refractivity contribution is 9.10. The van der Waals surface area contributed by atoms with Crippen molar-refractivity contribution in [3.63, 3.8) is 0 Å². The number of nitrogens with one attached hydrogen (secondary N) is 1. The molecule has 2 N–H and O–H groups in total. The van der Waals surface area contributed by atoms with Gasteiger partial charge in [0.1, 0.15) is 0 Å². The van der Waals surface area contributed by atoms with E-state index in [2.05, 4.69) is 26.1 Å². The molecule has 0 bridgehead atoms. The fourth-order valence-corrected chi connectivity index (χ4v) is 3.49. The van der Waals surface area contributed by atoms with Crippen LogP contribution in [-0.2, 0) is 4.79 Å². The normalized spacial score (nSPS) is 10.8. The Kier molecular flexibility index (Phi) is 4.79. The van der Waals surface area contributed by atoms with Gasteiger partial charge in [-0.1, -0.05) is 50.9 Å². The molecule has 0 aliphatic heterocycles. The van der Waals surface area contributed by atoms with Crippen LogP contribution in [0.15, 0.2) is 26.6 Å². The van der Waals surface area contributed by atoms with Gasteiger partial charge in [0.15, 0.2) is 5.16 Å². The number of hydrogen-bond acceptors (Lipinski definition) is 4. The molecule has 0 spiro atoms. The number of carboxylic acids is 1. The Bertz CT molecular complexity index is 708. The summed E-state index contributed by atoms with van der Waals surface area (Å²) in [5, 5.41) is 15.3. The highest BCUT2D eigenvalue weighted by Gasteiger charge is 2.18. The molecule has 1 aromatic heterocycles. The minimum atomic E-state index is -1.02. The number of benzene rings is 1. The lowest BCUT2D eigenvalue weighted by molar-refractivity contribution is -0.133. The molecule has 20 heavy (non-hydrogen) atoms. The third kappa shape index (κ3) is 3.20. The smallest absolute Gasteiger partial charge is 0.348 e. The van der Waals surface area contributed by atoms with Crippen LogP contribution < -0.4 is 5.69 Å². The van der Waals surface area contributed by atoms with Gasteiger partial charge in [0.05, 0.1) is 21.5 Å². The monoisotopic (exact) mass is 397 g/mol. The molecule has 0 atom stereocenters. The van der Waals surface area contributed by atoms with Crippen molar-refractivity contribution in [2.24, 2.45) is 0 Å². The van der Waals surface area contributed by atoms with Gasteiger partial charge < -0.3 is 5.11 Å². The van der Waals surface area contributed by atoms with Crippen molar-refractivity contribution in [2.45, 2.75) is 5.16 Å². The molecule has 0 fully saturated rings. The largest absolute Gasteiger partial charge is 0.481 e. The first-order chi connectivity index (χ1) is 9.40. The molecule has 10 heteroatoms. The zero-order valence-electron chi connectivity index (χ0n) is 9.56. The van der Waals surface area contributed by atoms with Crippen molar-refractivity contribution in [3.8, 4) is 5.69 Å². The number of hydrogen-bond donors (Lipinski definition) is 2. The summed E-state index contributed by atoms with van der Waals surface area (Å²) in [6.07, 6.45) is 0. The molecule has 1 aromatic carbocycles. The predicted octanol–water partition coefficient (Wildman–Crippen LogP) is 2.81. The fourth-order valence-electron chi connectivity index (χ4n) is 1.45. The maximum atomic E-state index is 11.8. The van der Waals surface area contributed by atoms with Gasteiger partial charge in [-0.2, -0.15) is 0 Å². The third-order valence-electron chi connectivity index (χ3n) is 2.17. The van der Waals surface area contributed by atoms with Gasteiger partial charge in [0.2, 0.25) is 0 Å². The third-order valence-corrected chi connectivity index (χ3v) is 4.13. The van der Waals surface area contributed by atoms with E-state index in [9.17, 15) is 9.59 Å². The highest BCUT2D eigenvalue weighted by Crippen LogP contribution is 2.33. The molecule has 0 amide bonds. The highest BCUT2D eigenvalue weighted by atomic mass is 79.9. The van der Waals surface area contributed by atoms with Crippen molar-refractivity contribution < 1.29 is 9.90 Å². The predicted molar refractivity (Wildman–Crippen MR) is 80.3 cm³/mol. The number of H-pyrrole nitrogens is 1. The number of aromatic nitrogens is 3. The summed E-state index contributed by atoms with van der Waals surface area (Å²) < 4.78 is 1.80. The van der Waals surface area contributed by atoms with E-state index in [4.69, 9.17) is 28.3 Å². The van der Waals surface area contributed by atoms with Gasteiger partial charge in [-0.05, 0) is 12.1 Å². The van der Waals surface area contributed by atoms with Gasteiger partial charge >= 0.3 is 11.7 Å². The Labute approximate surface area is 135 Å². The number of aromatic amines is 1. The second-order valence-corrected chi connectivity index (χ2v) is 6.22. The van der Waals surface area contributed by atoms with E-state index in [0.717, 1.165) is 16.3 Å². The molecular formula is C10H6BrCl2N3O3S. The van der Waals surface area contributed by atoms with Crippen molar-refractivity contribution >= 4 is 56.9 Å². The zero-order valence-corrected chi connectivity index (χ0v) is 13.5. The molecule has 0 radical (unpaired) electrons. The van der Waals surface area contributed by atoms with Crippen LogP contribution in [0, 0.1) is 0 Å². The molecule has 0 saturated heterocycles. The molecule has 0 saturated carbocycles. The summed E-state index contributed by atoms with van der Waals surface area (Å²) in [6.45, 7) is 0. The average molecular weight is 399 g/mol. The summed E-state index contributed by atoms with van der Waals surface area (Å²) in [6, 6.07) is 3.15. The van der Waals surface area contributed by atoms with Crippen molar-refractivity contribution in [3.05, 3.63) is 37.1 Å². The van der Waals surface area contributed by atoms with E-state index in [1.165, 1.54) is 0 Å².